The number of carbonyl (C=O) groups is 3. The van der Waals surface area contributed by atoms with Crippen molar-refractivity contribution in [2.45, 2.75) is 110 Å². The molecule has 1 aliphatic heterocycles. The Bertz CT molecular complexity index is 1110. The summed E-state index contributed by atoms with van der Waals surface area (Å²) in [5.74, 6) is -0.827. The van der Waals surface area contributed by atoms with Gasteiger partial charge in [-0.2, -0.15) is 0 Å². The maximum absolute atomic E-state index is 13.7. The number of esters is 1. The number of aryl methyl sites for hydroxylation is 1. The van der Waals surface area contributed by atoms with E-state index in [4.69, 9.17) is 4.74 Å². The van der Waals surface area contributed by atoms with Crippen molar-refractivity contribution in [2.75, 3.05) is 6.54 Å². The highest BCUT2D eigenvalue weighted by Crippen LogP contribution is 2.32. The molecule has 2 aliphatic rings. The van der Waals surface area contributed by atoms with Gasteiger partial charge in [0.25, 0.3) is 0 Å². The number of nitrogens with one attached hydrogen (secondary N) is 2. The van der Waals surface area contributed by atoms with Gasteiger partial charge in [-0.05, 0) is 57.6 Å². The van der Waals surface area contributed by atoms with E-state index in [1.807, 2.05) is 32.9 Å². The first-order chi connectivity index (χ1) is 18.2. The highest BCUT2D eigenvalue weighted by Gasteiger charge is 2.32. The topological polar surface area (TPSA) is 89.4 Å². The van der Waals surface area contributed by atoms with Crippen molar-refractivity contribution in [2.24, 2.45) is 11.8 Å². The summed E-state index contributed by atoms with van der Waals surface area (Å²) >= 11 is 0. The van der Waals surface area contributed by atoms with Crippen molar-refractivity contribution in [3.8, 4) is 0 Å². The summed E-state index contributed by atoms with van der Waals surface area (Å²) in [5.41, 5.74) is 1.61. The molecule has 208 valence electrons. The van der Waals surface area contributed by atoms with Crippen LogP contribution in [0.2, 0.25) is 0 Å². The van der Waals surface area contributed by atoms with Gasteiger partial charge in [0.1, 0.15) is 11.6 Å². The second kappa shape index (κ2) is 12.8. The number of hydrogen-bond donors (Lipinski definition) is 2. The van der Waals surface area contributed by atoms with Gasteiger partial charge in [-0.3, -0.25) is 14.4 Å². The molecule has 2 aromatic rings. The first-order valence-corrected chi connectivity index (χ1v) is 14.6. The maximum atomic E-state index is 13.7. The van der Waals surface area contributed by atoms with Crippen molar-refractivity contribution in [3.63, 3.8) is 0 Å². The standard InChI is InChI=1S/C31H45N3O4/c1-31(2,3)38-28(35)20-23(18-22-12-6-7-13-22)29(36)33-26-19-24-21-34(27-15-9-8-14-25(24)27)17-11-5-4-10-16-32-30(26)37/h8-9,14-15,21-23,26H,4-7,10-13,16-20H2,1-3H3,(H,32,37)(H,33,36)/t23-,26?/m1/s1. The molecule has 1 aromatic heterocycles. The Morgan fingerprint density at radius 1 is 1.08 bits per heavy atom. The lowest BCUT2D eigenvalue weighted by Gasteiger charge is -2.25. The number of aromatic nitrogens is 1. The lowest BCUT2D eigenvalue weighted by Crippen LogP contribution is -2.50. The minimum atomic E-state index is -0.702. The van der Waals surface area contributed by atoms with Crippen LogP contribution in [0.3, 0.4) is 0 Å². The fraction of sp³-hybridized carbons (Fsp3) is 0.645. The second-order valence-corrected chi connectivity index (χ2v) is 12.2. The van der Waals surface area contributed by atoms with Crippen LogP contribution in [0.5, 0.6) is 0 Å². The number of fused-ring (bicyclic) bond motifs is 5. The van der Waals surface area contributed by atoms with E-state index < -0.39 is 17.6 Å². The average molecular weight is 524 g/mol. The molecule has 0 saturated heterocycles. The zero-order valence-electron chi connectivity index (χ0n) is 23.4. The lowest BCUT2D eigenvalue weighted by molar-refractivity contribution is -0.157. The molecule has 1 aromatic carbocycles. The zero-order chi connectivity index (χ0) is 27.1. The number of amides is 2. The first kappa shape index (κ1) is 28.2. The molecule has 1 unspecified atom stereocenters. The quantitative estimate of drug-likeness (QED) is 0.504. The monoisotopic (exact) mass is 523 g/mol. The van der Waals surface area contributed by atoms with Crippen molar-refractivity contribution >= 4 is 28.7 Å². The van der Waals surface area contributed by atoms with E-state index in [1.165, 1.54) is 12.8 Å². The van der Waals surface area contributed by atoms with E-state index >= 15 is 0 Å². The Balaban J connectivity index is 1.56. The van der Waals surface area contributed by atoms with Crippen LogP contribution in [0.1, 0.15) is 90.5 Å². The molecule has 2 heterocycles. The highest BCUT2D eigenvalue weighted by atomic mass is 16.6. The fourth-order valence-electron chi connectivity index (χ4n) is 6.00. The van der Waals surface area contributed by atoms with E-state index in [9.17, 15) is 14.4 Å². The van der Waals surface area contributed by atoms with Crippen LogP contribution >= 0.6 is 0 Å². The summed E-state index contributed by atoms with van der Waals surface area (Å²) in [6.07, 6.45) is 11.9. The molecule has 0 spiro atoms. The molecule has 1 saturated carbocycles. The summed E-state index contributed by atoms with van der Waals surface area (Å²) in [6, 6.07) is 7.58. The first-order valence-electron chi connectivity index (χ1n) is 14.6. The normalized spacial score (nSPS) is 20.6. The third-order valence-electron chi connectivity index (χ3n) is 7.85. The van der Waals surface area contributed by atoms with E-state index in [-0.39, 0.29) is 24.2 Å². The molecule has 0 radical (unpaired) electrons. The molecule has 2 amide bonds. The van der Waals surface area contributed by atoms with Crippen LogP contribution in [0.25, 0.3) is 10.9 Å². The Kier molecular flexibility index (Phi) is 9.50. The van der Waals surface area contributed by atoms with Gasteiger partial charge in [0, 0.05) is 42.5 Å². The maximum Gasteiger partial charge on any atom is 0.307 e. The molecule has 1 aliphatic carbocycles. The molecule has 1 fully saturated rings. The SMILES string of the molecule is CC(C)(C)OC(=O)C[C@@H](CC1CCCC1)C(=O)NC1Cc2cn(c3ccccc23)CCCCCCNC1=O. The van der Waals surface area contributed by atoms with Gasteiger partial charge in [-0.25, -0.2) is 0 Å². The third kappa shape index (κ3) is 7.84. The Morgan fingerprint density at radius 3 is 2.58 bits per heavy atom. The number of carbonyl (C=O) groups excluding carboxylic acids is 3. The van der Waals surface area contributed by atoms with Crippen LogP contribution < -0.4 is 10.6 Å². The van der Waals surface area contributed by atoms with Gasteiger partial charge in [0.15, 0.2) is 0 Å². The van der Waals surface area contributed by atoms with Gasteiger partial charge in [-0.1, -0.05) is 56.7 Å². The van der Waals surface area contributed by atoms with Crippen LogP contribution in [-0.4, -0.2) is 40.5 Å². The number of para-hydroxylation sites is 1. The van der Waals surface area contributed by atoms with Crippen molar-refractivity contribution in [1.82, 2.24) is 15.2 Å². The van der Waals surface area contributed by atoms with Gasteiger partial charge in [0.2, 0.25) is 11.8 Å². The molecule has 2 N–H and O–H groups in total. The fourth-order valence-corrected chi connectivity index (χ4v) is 6.00. The van der Waals surface area contributed by atoms with Crippen LogP contribution in [0.15, 0.2) is 30.5 Å². The summed E-state index contributed by atoms with van der Waals surface area (Å²) < 4.78 is 7.85. The molecule has 2 bridgehead atoms. The Labute approximate surface area is 227 Å². The van der Waals surface area contributed by atoms with Crippen molar-refractivity contribution in [3.05, 3.63) is 36.0 Å². The number of nitrogens with zero attached hydrogens (tertiary/aromatic N) is 1. The third-order valence-corrected chi connectivity index (χ3v) is 7.85. The summed E-state index contributed by atoms with van der Waals surface area (Å²) in [7, 11) is 0. The summed E-state index contributed by atoms with van der Waals surface area (Å²) in [4.78, 5) is 39.8. The number of rotatable bonds is 6. The Hall–Kier alpha value is -2.83. The second-order valence-electron chi connectivity index (χ2n) is 12.2. The van der Waals surface area contributed by atoms with Crippen molar-refractivity contribution < 1.29 is 19.1 Å². The molecular weight excluding hydrogens is 478 g/mol. The van der Waals surface area contributed by atoms with E-state index in [0.717, 1.165) is 61.5 Å². The predicted octanol–water partition coefficient (Wildman–Crippen LogP) is 5.29. The van der Waals surface area contributed by atoms with Gasteiger partial charge < -0.3 is 19.9 Å². The highest BCUT2D eigenvalue weighted by molar-refractivity contribution is 5.91. The summed E-state index contributed by atoms with van der Waals surface area (Å²) in [6.45, 7) is 7.06. The number of benzene rings is 1. The minimum absolute atomic E-state index is 0.0350. The average Bonchev–Trinajstić information content (AvgIpc) is 3.49. The predicted molar refractivity (Wildman–Crippen MR) is 150 cm³/mol. The van der Waals surface area contributed by atoms with Crippen LogP contribution in [-0.2, 0) is 32.1 Å². The minimum Gasteiger partial charge on any atom is -0.460 e. The number of ether oxygens (including phenoxy) is 1. The van der Waals surface area contributed by atoms with Gasteiger partial charge in [0.05, 0.1) is 6.42 Å². The zero-order valence-corrected chi connectivity index (χ0v) is 23.4. The molecular formula is C31H45N3O4. The van der Waals surface area contributed by atoms with Crippen LogP contribution in [0.4, 0.5) is 0 Å². The largest absolute Gasteiger partial charge is 0.460 e. The van der Waals surface area contributed by atoms with E-state index in [1.54, 1.807) is 0 Å². The van der Waals surface area contributed by atoms with Crippen molar-refractivity contribution in [1.29, 1.82) is 0 Å². The smallest absolute Gasteiger partial charge is 0.307 e. The van der Waals surface area contributed by atoms with Gasteiger partial charge in [-0.15, -0.1) is 0 Å². The molecule has 7 heteroatoms. The molecule has 4 rings (SSSR count). The van der Waals surface area contributed by atoms with E-state index in [0.29, 0.717) is 25.3 Å². The summed E-state index contributed by atoms with van der Waals surface area (Å²) in [5, 5.41) is 7.25. The lowest BCUT2D eigenvalue weighted by atomic mass is 9.89. The molecule has 7 nitrogen and oxygen atoms in total. The molecule has 38 heavy (non-hydrogen) atoms. The molecule has 2 atom stereocenters. The van der Waals surface area contributed by atoms with Crippen LogP contribution in [0, 0.1) is 11.8 Å². The van der Waals surface area contributed by atoms with E-state index in [2.05, 4.69) is 33.5 Å². The number of hydrogen-bond acceptors (Lipinski definition) is 4. The Morgan fingerprint density at radius 2 is 1.82 bits per heavy atom. The van der Waals surface area contributed by atoms with Gasteiger partial charge >= 0.3 is 5.97 Å².